The van der Waals surface area contributed by atoms with Crippen LogP contribution in [0.15, 0.2) is 64.2 Å². The van der Waals surface area contributed by atoms with E-state index in [-0.39, 0.29) is 0 Å². The third kappa shape index (κ3) is 3.07. The lowest BCUT2D eigenvalue weighted by Gasteiger charge is -2.12. The van der Waals surface area contributed by atoms with Gasteiger partial charge in [-0.3, -0.25) is 0 Å². The van der Waals surface area contributed by atoms with Gasteiger partial charge in [0.05, 0.1) is 0 Å². The standard InChI is InChI=1S/C16H14BrNOS/c17-10-13(12-6-2-1-3-7-12)11-20-16-18-14-8-4-5-9-15(14)19-16/h1-9,13H,10-11H2. The van der Waals surface area contributed by atoms with Crippen LogP contribution in [0, 0.1) is 0 Å². The number of thioether (sulfide) groups is 1. The molecule has 4 heteroatoms. The fraction of sp³-hybridized carbons (Fsp3) is 0.188. The number of rotatable bonds is 5. The van der Waals surface area contributed by atoms with Gasteiger partial charge in [0, 0.05) is 17.0 Å². The normalized spacial score (nSPS) is 12.7. The van der Waals surface area contributed by atoms with Crippen LogP contribution in [0.25, 0.3) is 11.1 Å². The summed E-state index contributed by atoms with van der Waals surface area (Å²) in [6, 6.07) is 18.4. The van der Waals surface area contributed by atoms with Crippen molar-refractivity contribution in [3.63, 3.8) is 0 Å². The lowest BCUT2D eigenvalue weighted by molar-refractivity contribution is 0.489. The van der Waals surface area contributed by atoms with Gasteiger partial charge in [-0.25, -0.2) is 4.98 Å². The molecule has 3 aromatic rings. The fourth-order valence-electron chi connectivity index (χ4n) is 2.04. The minimum absolute atomic E-state index is 0.455. The third-order valence-electron chi connectivity index (χ3n) is 3.14. The highest BCUT2D eigenvalue weighted by Crippen LogP contribution is 2.29. The summed E-state index contributed by atoms with van der Waals surface area (Å²) in [7, 11) is 0. The van der Waals surface area contributed by atoms with Gasteiger partial charge in [-0.05, 0) is 17.7 Å². The Bertz CT molecular complexity index is 650. The van der Waals surface area contributed by atoms with Gasteiger partial charge in [0.15, 0.2) is 5.58 Å². The minimum Gasteiger partial charge on any atom is -0.431 e. The zero-order valence-electron chi connectivity index (χ0n) is 10.8. The van der Waals surface area contributed by atoms with Crippen LogP contribution in [0.4, 0.5) is 0 Å². The average Bonchev–Trinajstić information content (AvgIpc) is 2.92. The maximum absolute atomic E-state index is 5.74. The number of halogens is 1. The van der Waals surface area contributed by atoms with Gasteiger partial charge in [-0.1, -0.05) is 70.2 Å². The molecule has 0 spiro atoms. The van der Waals surface area contributed by atoms with Gasteiger partial charge in [0.25, 0.3) is 5.22 Å². The predicted molar refractivity (Wildman–Crippen MR) is 87.7 cm³/mol. The van der Waals surface area contributed by atoms with Gasteiger partial charge < -0.3 is 4.42 Å². The third-order valence-corrected chi connectivity index (χ3v) is 4.91. The van der Waals surface area contributed by atoms with E-state index in [0.717, 1.165) is 27.4 Å². The van der Waals surface area contributed by atoms with Gasteiger partial charge >= 0.3 is 0 Å². The number of oxazole rings is 1. The molecule has 0 N–H and O–H groups in total. The van der Waals surface area contributed by atoms with E-state index < -0.39 is 0 Å². The number of aromatic nitrogens is 1. The Morgan fingerprint density at radius 1 is 1.05 bits per heavy atom. The quantitative estimate of drug-likeness (QED) is 0.474. The Morgan fingerprint density at radius 2 is 1.80 bits per heavy atom. The van der Waals surface area contributed by atoms with Crippen LogP contribution < -0.4 is 0 Å². The van der Waals surface area contributed by atoms with Crippen LogP contribution in [-0.2, 0) is 0 Å². The molecule has 1 unspecified atom stereocenters. The highest BCUT2D eigenvalue weighted by molar-refractivity contribution is 9.09. The second kappa shape index (κ2) is 6.46. The van der Waals surface area contributed by atoms with E-state index in [1.54, 1.807) is 11.8 Å². The van der Waals surface area contributed by atoms with E-state index in [0.29, 0.717) is 5.92 Å². The molecular formula is C16H14BrNOS. The van der Waals surface area contributed by atoms with Crippen molar-refractivity contribution in [1.29, 1.82) is 0 Å². The van der Waals surface area contributed by atoms with E-state index in [1.807, 2.05) is 30.3 Å². The fourth-order valence-corrected chi connectivity index (χ4v) is 3.91. The molecule has 0 radical (unpaired) electrons. The second-order valence-electron chi connectivity index (χ2n) is 4.52. The first-order valence-electron chi connectivity index (χ1n) is 6.46. The van der Waals surface area contributed by atoms with E-state index in [4.69, 9.17) is 4.42 Å². The summed E-state index contributed by atoms with van der Waals surface area (Å²) in [6.07, 6.45) is 0. The molecule has 0 saturated carbocycles. The largest absolute Gasteiger partial charge is 0.431 e. The maximum atomic E-state index is 5.74. The van der Waals surface area contributed by atoms with E-state index in [9.17, 15) is 0 Å². The molecule has 2 nitrogen and oxygen atoms in total. The number of fused-ring (bicyclic) bond motifs is 1. The Kier molecular flexibility index (Phi) is 4.43. The molecule has 1 heterocycles. The van der Waals surface area contributed by atoms with Crippen LogP contribution in [0.3, 0.4) is 0 Å². The van der Waals surface area contributed by atoms with Crippen LogP contribution in [0.2, 0.25) is 0 Å². The molecule has 0 aliphatic heterocycles. The summed E-state index contributed by atoms with van der Waals surface area (Å²) in [5.74, 6) is 1.40. The van der Waals surface area contributed by atoms with Gasteiger partial charge in [0.2, 0.25) is 0 Å². The summed E-state index contributed by atoms with van der Waals surface area (Å²) in [6.45, 7) is 0. The summed E-state index contributed by atoms with van der Waals surface area (Å²) >= 11 is 5.26. The molecule has 0 saturated heterocycles. The SMILES string of the molecule is BrCC(CSc1nc2ccccc2o1)c1ccccc1. The van der Waals surface area contributed by atoms with Crippen molar-refractivity contribution in [2.45, 2.75) is 11.1 Å². The number of para-hydroxylation sites is 2. The Hall–Kier alpha value is -1.26. The molecule has 0 fully saturated rings. The number of hydrogen-bond donors (Lipinski definition) is 0. The zero-order valence-corrected chi connectivity index (χ0v) is 13.2. The highest BCUT2D eigenvalue weighted by Gasteiger charge is 2.13. The molecule has 1 atom stereocenters. The lowest BCUT2D eigenvalue weighted by atomic mass is 10.0. The van der Waals surface area contributed by atoms with Crippen molar-refractivity contribution in [3.8, 4) is 0 Å². The Balaban J connectivity index is 1.71. The van der Waals surface area contributed by atoms with Gasteiger partial charge in [-0.15, -0.1) is 0 Å². The molecule has 2 aromatic carbocycles. The van der Waals surface area contributed by atoms with E-state index in [2.05, 4.69) is 45.2 Å². The molecule has 102 valence electrons. The first-order valence-corrected chi connectivity index (χ1v) is 8.57. The molecule has 0 amide bonds. The van der Waals surface area contributed by atoms with Crippen LogP contribution in [0.1, 0.15) is 11.5 Å². The lowest BCUT2D eigenvalue weighted by Crippen LogP contribution is -2.03. The Morgan fingerprint density at radius 3 is 2.55 bits per heavy atom. The second-order valence-corrected chi connectivity index (χ2v) is 6.14. The van der Waals surface area contributed by atoms with Crippen molar-refractivity contribution in [1.82, 2.24) is 4.98 Å². The summed E-state index contributed by atoms with van der Waals surface area (Å²) < 4.78 is 5.74. The first-order chi connectivity index (χ1) is 9.86. The zero-order chi connectivity index (χ0) is 13.8. The van der Waals surface area contributed by atoms with E-state index in [1.165, 1.54) is 5.56 Å². The molecule has 20 heavy (non-hydrogen) atoms. The smallest absolute Gasteiger partial charge is 0.256 e. The van der Waals surface area contributed by atoms with Crippen molar-refractivity contribution < 1.29 is 4.42 Å². The molecule has 3 rings (SSSR count). The topological polar surface area (TPSA) is 26.0 Å². The predicted octanol–water partition coefficient (Wildman–Crippen LogP) is 5.10. The van der Waals surface area contributed by atoms with Crippen LogP contribution in [0.5, 0.6) is 0 Å². The van der Waals surface area contributed by atoms with Crippen molar-refractivity contribution in [3.05, 3.63) is 60.2 Å². The average molecular weight is 348 g/mol. The van der Waals surface area contributed by atoms with Gasteiger partial charge in [-0.2, -0.15) is 0 Å². The van der Waals surface area contributed by atoms with Crippen LogP contribution >= 0.6 is 27.7 Å². The summed E-state index contributed by atoms with van der Waals surface area (Å²) in [5, 5.41) is 1.68. The van der Waals surface area contributed by atoms with Crippen molar-refractivity contribution in [2.24, 2.45) is 0 Å². The maximum Gasteiger partial charge on any atom is 0.256 e. The molecule has 0 aliphatic carbocycles. The number of nitrogens with zero attached hydrogens (tertiary/aromatic N) is 1. The molecule has 1 aromatic heterocycles. The van der Waals surface area contributed by atoms with Crippen LogP contribution in [-0.4, -0.2) is 16.1 Å². The number of alkyl halides is 1. The van der Waals surface area contributed by atoms with Crippen molar-refractivity contribution in [2.75, 3.05) is 11.1 Å². The minimum atomic E-state index is 0.455. The first kappa shape index (κ1) is 13.7. The monoisotopic (exact) mass is 347 g/mol. The van der Waals surface area contributed by atoms with Gasteiger partial charge in [0.1, 0.15) is 5.52 Å². The highest BCUT2D eigenvalue weighted by atomic mass is 79.9. The van der Waals surface area contributed by atoms with Crippen molar-refractivity contribution >= 4 is 38.8 Å². The number of hydrogen-bond acceptors (Lipinski definition) is 3. The molecule has 0 bridgehead atoms. The number of benzene rings is 2. The Labute approximate surface area is 130 Å². The molecular weight excluding hydrogens is 334 g/mol. The summed E-state index contributed by atoms with van der Waals surface area (Å²) in [4.78, 5) is 4.49. The summed E-state index contributed by atoms with van der Waals surface area (Å²) in [5.41, 5.74) is 3.11. The molecule has 0 aliphatic rings. The van der Waals surface area contributed by atoms with E-state index >= 15 is 0 Å².